The fraction of sp³-hybridized carbons (Fsp3) is 0.667. The molecule has 0 aliphatic heterocycles. The summed E-state index contributed by atoms with van der Waals surface area (Å²) >= 11 is 0. The Morgan fingerprint density at radius 1 is 1.31 bits per heavy atom. The number of fused-ring (bicyclic) bond motifs is 1. The summed E-state index contributed by atoms with van der Waals surface area (Å²) in [6.07, 6.45) is 14.1. The molecule has 1 saturated carbocycles. The highest BCUT2D eigenvalue weighted by molar-refractivity contribution is 5.12. The molecule has 0 amide bonds. The molecule has 13 heavy (non-hydrogen) atoms. The van der Waals surface area contributed by atoms with E-state index in [1.807, 2.05) is 0 Å². The third-order valence-corrected chi connectivity index (χ3v) is 3.67. The molecule has 2 aliphatic carbocycles. The molecule has 1 nitrogen and oxygen atoms in total. The van der Waals surface area contributed by atoms with Gasteiger partial charge in [-0.2, -0.15) is 0 Å². The molecule has 2 aliphatic rings. The highest BCUT2D eigenvalue weighted by Crippen LogP contribution is 2.49. The van der Waals surface area contributed by atoms with Crippen molar-refractivity contribution in [3.63, 3.8) is 0 Å². The zero-order valence-electron chi connectivity index (χ0n) is 8.37. The Labute approximate surface area is 80.7 Å². The number of rotatable bonds is 0. The second-order valence-electron chi connectivity index (χ2n) is 4.71. The van der Waals surface area contributed by atoms with Crippen LogP contribution in [0.25, 0.3) is 0 Å². The van der Waals surface area contributed by atoms with Crippen LogP contribution in [-0.4, -0.2) is 6.04 Å². The molecule has 0 aromatic rings. The van der Waals surface area contributed by atoms with Gasteiger partial charge in [-0.3, -0.25) is 0 Å². The molecule has 0 saturated heterocycles. The van der Waals surface area contributed by atoms with Crippen LogP contribution in [-0.2, 0) is 0 Å². The highest BCUT2D eigenvalue weighted by Gasteiger charge is 2.39. The average molecular weight is 177 g/mol. The normalized spacial score (nSPS) is 46.6. The topological polar surface area (TPSA) is 26.0 Å². The van der Waals surface area contributed by atoms with Gasteiger partial charge in [-0.25, -0.2) is 0 Å². The molecular formula is C12H19N. The standard InChI is InChI=1S/C12H19N/c1-12-8-3-6-11(13)5-2-4-10(12)7-9-12/h2-3,5,8,10-11H,4,6-7,9,13H2,1H3/b5-2?,8-3-. The Bertz CT molecular complexity index is 242. The first kappa shape index (κ1) is 9.01. The van der Waals surface area contributed by atoms with Crippen molar-refractivity contribution in [3.05, 3.63) is 24.3 Å². The van der Waals surface area contributed by atoms with Crippen LogP contribution in [0.3, 0.4) is 0 Å². The van der Waals surface area contributed by atoms with Gasteiger partial charge in [0.25, 0.3) is 0 Å². The van der Waals surface area contributed by atoms with Crippen molar-refractivity contribution in [1.82, 2.24) is 0 Å². The molecule has 3 atom stereocenters. The third kappa shape index (κ3) is 1.71. The smallest absolute Gasteiger partial charge is 0.0258 e. The van der Waals surface area contributed by atoms with E-state index in [1.54, 1.807) is 0 Å². The average Bonchev–Trinajstić information content (AvgIpc) is 2.12. The molecule has 2 rings (SSSR count). The van der Waals surface area contributed by atoms with Crippen molar-refractivity contribution < 1.29 is 0 Å². The maximum Gasteiger partial charge on any atom is 0.0258 e. The van der Waals surface area contributed by atoms with E-state index in [4.69, 9.17) is 5.73 Å². The van der Waals surface area contributed by atoms with Crippen LogP contribution in [0.1, 0.15) is 32.6 Å². The van der Waals surface area contributed by atoms with Crippen molar-refractivity contribution >= 4 is 0 Å². The summed E-state index contributed by atoms with van der Waals surface area (Å²) in [4.78, 5) is 0. The van der Waals surface area contributed by atoms with Gasteiger partial charge in [-0.05, 0) is 37.0 Å². The first-order chi connectivity index (χ1) is 6.21. The highest BCUT2D eigenvalue weighted by atomic mass is 14.6. The molecule has 0 radical (unpaired) electrons. The zero-order chi connectivity index (χ0) is 9.31. The molecule has 72 valence electrons. The Hall–Kier alpha value is -0.560. The molecule has 3 unspecified atom stereocenters. The molecule has 2 N–H and O–H groups in total. The monoisotopic (exact) mass is 177 g/mol. The lowest BCUT2D eigenvalue weighted by Crippen LogP contribution is -2.35. The maximum atomic E-state index is 5.89. The van der Waals surface area contributed by atoms with E-state index in [-0.39, 0.29) is 6.04 Å². The van der Waals surface area contributed by atoms with Crippen LogP contribution >= 0.6 is 0 Å². The fourth-order valence-electron chi connectivity index (χ4n) is 2.40. The summed E-state index contributed by atoms with van der Waals surface area (Å²) < 4.78 is 0. The summed E-state index contributed by atoms with van der Waals surface area (Å²) in [7, 11) is 0. The van der Waals surface area contributed by atoms with Crippen molar-refractivity contribution in [2.75, 3.05) is 0 Å². The number of hydrogen-bond donors (Lipinski definition) is 1. The molecule has 0 aromatic heterocycles. The fourth-order valence-corrected chi connectivity index (χ4v) is 2.40. The van der Waals surface area contributed by atoms with Crippen LogP contribution < -0.4 is 5.73 Å². The summed E-state index contributed by atoms with van der Waals surface area (Å²) in [6.45, 7) is 2.38. The van der Waals surface area contributed by atoms with E-state index >= 15 is 0 Å². The van der Waals surface area contributed by atoms with Crippen LogP contribution in [0.5, 0.6) is 0 Å². The molecule has 1 fully saturated rings. The largest absolute Gasteiger partial charge is 0.324 e. The molecule has 0 bridgehead atoms. The lowest BCUT2D eigenvalue weighted by Gasteiger charge is -2.45. The molecular weight excluding hydrogens is 158 g/mol. The third-order valence-electron chi connectivity index (χ3n) is 3.67. The Morgan fingerprint density at radius 2 is 2.15 bits per heavy atom. The van der Waals surface area contributed by atoms with Crippen LogP contribution in [0.2, 0.25) is 0 Å². The Morgan fingerprint density at radius 3 is 2.85 bits per heavy atom. The van der Waals surface area contributed by atoms with Gasteiger partial charge in [0.05, 0.1) is 0 Å². The second kappa shape index (κ2) is 3.30. The van der Waals surface area contributed by atoms with Gasteiger partial charge in [-0.1, -0.05) is 31.2 Å². The van der Waals surface area contributed by atoms with E-state index in [0.717, 1.165) is 12.3 Å². The van der Waals surface area contributed by atoms with E-state index in [9.17, 15) is 0 Å². The van der Waals surface area contributed by atoms with Gasteiger partial charge >= 0.3 is 0 Å². The SMILES string of the molecule is CC12/C=C\CC(N)C=CCC1CC2. The zero-order valence-corrected chi connectivity index (χ0v) is 8.37. The van der Waals surface area contributed by atoms with Gasteiger partial charge in [0.15, 0.2) is 0 Å². The summed E-state index contributed by atoms with van der Waals surface area (Å²) in [5.74, 6) is 0.866. The van der Waals surface area contributed by atoms with Gasteiger partial charge in [-0.15, -0.1) is 0 Å². The number of allylic oxidation sites excluding steroid dienone is 2. The van der Waals surface area contributed by atoms with Gasteiger partial charge in [0.1, 0.15) is 0 Å². The molecule has 0 spiro atoms. The second-order valence-corrected chi connectivity index (χ2v) is 4.71. The minimum absolute atomic E-state index is 0.234. The van der Waals surface area contributed by atoms with Gasteiger partial charge in [0.2, 0.25) is 0 Å². The predicted octanol–water partition coefficient (Wildman–Crippen LogP) is 2.64. The van der Waals surface area contributed by atoms with Crippen LogP contribution in [0, 0.1) is 11.3 Å². The quantitative estimate of drug-likeness (QED) is 0.566. The van der Waals surface area contributed by atoms with E-state index in [2.05, 4.69) is 31.2 Å². The maximum absolute atomic E-state index is 5.89. The molecule has 0 heterocycles. The number of nitrogens with two attached hydrogens (primary N) is 1. The molecule has 1 heteroatoms. The minimum Gasteiger partial charge on any atom is -0.324 e. The van der Waals surface area contributed by atoms with Crippen molar-refractivity contribution in [2.24, 2.45) is 17.1 Å². The summed E-state index contributed by atoms with van der Waals surface area (Å²) in [6, 6.07) is 0.234. The van der Waals surface area contributed by atoms with E-state index < -0.39 is 0 Å². The first-order valence-corrected chi connectivity index (χ1v) is 5.31. The first-order valence-electron chi connectivity index (χ1n) is 5.31. The van der Waals surface area contributed by atoms with Crippen molar-refractivity contribution in [2.45, 2.75) is 38.6 Å². The predicted molar refractivity (Wildman–Crippen MR) is 56.3 cm³/mol. The lowest BCUT2D eigenvalue weighted by atomic mass is 9.60. The number of hydrogen-bond acceptors (Lipinski definition) is 1. The van der Waals surface area contributed by atoms with Gasteiger partial charge in [0, 0.05) is 6.04 Å². The van der Waals surface area contributed by atoms with E-state index in [0.29, 0.717) is 5.41 Å². The van der Waals surface area contributed by atoms with Crippen LogP contribution in [0.4, 0.5) is 0 Å². The Balaban J connectivity index is 2.12. The van der Waals surface area contributed by atoms with Gasteiger partial charge < -0.3 is 5.73 Å². The lowest BCUT2D eigenvalue weighted by molar-refractivity contribution is 0.109. The summed E-state index contributed by atoms with van der Waals surface area (Å²) in [5, 5.41) is 0. The minimum atomic E-state index is 0.234. The van der Waals surface area contributed by atoms with Crippen molar-refractivity contribution in [3.8, 4) is 0 Å². The molecule has 0 aromatic carbocycles. The van der Waals surface area contributed by atoms with E-state index in [1.165, 1.54) is 19.3 Å². The Kier molecular flexibility index (Phi) is 2.29. The van der Waals surface area contributed by atoms with Crippen molar-refractivity contribution in [1.29, 1.82) is 0 Å². The van der Waals surface area contributed by atoms with Crippen LogP contribution in [0.15, 0.2) is 24.3 Å². The summed E-state index contributed by atoms with van der Waals surface area (Å²) in [5.41, 5.74) is 6.37.